The minimum atomic E-state index is -2.72. The highest BCUT2D eigenvalue weighted by Gasteiger charge is 2.33. The van der Waals surface area contributed by atoms with Crippen LogP contribution in [-0.4, -0.2) is 19.6 Å². The van der Waals surface area contributed by atoms with Gasteiger partial charge in [0, 0.05) is 5.56 Å². The first-order valence-corrected chi connectivity index (χ1v) is 16.0. The smallest absolute Gasteiger partial charge is 0.201 e. The topological polar surface area (TPSA) is 80.9 Å². The van der Waals surface area contributed by atoms with Crippen molar-refractivity contribution in [2.45, 2.75) is 66.2 Å². The highest BCUT2D eigenvalue weighted by atomic mass is 31.2. The second-order valence-corrected chi connectivity index (χ2v) is 14.5. The van der Waals surface area contributed by atoms with Gasteiger partial charge in [-0.25, -0.2) is 0 Å². The predicted octanol–water partition coefficient (Wildman–Crippen LogP) is 7.74. The minimum absolute atomic E-state index is 0.185. The molecule has 0 aliphatic heterocycles. The lowest BCUT2D eigenvalue weighted by molar-refractivity contribution is 0.492. The molecule has 0 bridgehead atoms. The Morgan fingerprint density at radius 1 is 0.500 bits per heavy atom. The van der Waals surface area contributed by atoms with Crippen LogP contribution in [0.3, 0.4) is 0 Å². The number of hydrogen-bond donors (Lipinski definition) is 4. The van der Waals surface area contributed by atoms with Crippen LogP contribution in [-0.2, 0) is 10.8 Å². The maximum absolute atomic E-state index is 11.1. The van der Waals surface area contributed by atoms with E-state index >= 15 is 0 Å². The second kappa shape index (κ2) is 11.5. The molecule has 4 aromatic carbocycles. The molecule has 0 fully saturated rings. The van der Waals surface area contributed by atoms with Crippen LogP contribution in [0.2, 0.25) is 0 Å². The lowest BCUT2D eigenvalue weighted by Crippen LogP contribution is -2.28. The molecule has 0 aromatic heterocycles. The Bertz CT molecular complexity index is 1530. The molecular weight excluding hydrogens is 534 g/mol. The summed E-state index contributed by atoms with van der Waals surface area (Å²) in [6.07, 6.45) is 0. The first-order chi connectivity index (χ1) is 18.6. The summed E-state index contributed by atoms with van der Waals surface area (Å²) < 4.78 is 0. The lowest BCUT2D eigenvalue weighted by Gasteiger charge is -2.32. The van der Waals surface area contributed by atoms with Gasteiger partial charge in [-0.15, -0.1) is 0 Å². The van der Waals surface area contributed by atoms with Crippen LogP contribution in [0.25, 0.3) is 33.4 Å². The minimum Gasteiger partial charge on any atom is -0.347 e. The molecule has 4 nitrogen and oxygen atoms in total. The fourth-order valence-electron chi connectivity index (χ4n) is 5.62. The summed E-state index contributed by atoms with van der Waals surface area (Å²) in [6, 6.07) is 24.0. The molecule has 40 heavy (non-hydrogen) atoms. The molecule has 4 rings (SSSR count). The monoisotopic (exact) mass is 574 g/mol. The standard InChI is InChI=1S/C34H40O4P2/c1-21-14-12-18-26(33(3,4)5)28(21)25-20-24(23-16-10-9-11-17-23)31(39(35)36)32(40(37)38)30(25)29-22(2)15-13-19-27(29)34(6,7)8/h9-20,35-38H,1-8H3. The van der Waals surface area contributed by atoms with Crippen LogP contribution < -0.4 is 10.6 Å². The van der Waals surface area contributed by atoms with Gasteiger partial charge < -0.3 is 19.6 Å². The van der Waals surface area contributed by atoms with Gasteiger partial charge in [-0.1, -0.05) is 108 Å². The number of aryl methyl sites for hydroxylation is 2. The Labute approximate surface area is 241 Å². The molecule has 0 saturated carbocycles. The normalized spacial score (nSPS) is 12.4. The van der Waals surface area contributed by atoms with E-state index in [2.05, 4.69) is 72.7 Å². The molecule has 4 aromatic rings. The van der Waals surface area contributed by atoms with E-state index in [9.17, 15) is 19.6 Å². The van der Waals surface area contributed by atoms with Crippen LogP contribution in [0.4, 0.5) is 0 Å². The van der Waals surface area contributed by atoms with Crippen LogP contribution in [0, 0.1) is 13.8 Å². The molecule has 0 spiro atoms. The lowest BCUT2D eigenvalue weighted by atomic mass is 9.75. The molecular formula is C34H40O4P2. The van der Waals surface area contributed by atoms with E-state index in [0.717, 1.165) is 44.5 Å². The summed E-state index contributed by atoms with van der Waals surface area (Å²) in [5, 5.41) is 0.385. The van der Waals surface area contributed by atoms with Crippen LogP contribution in [0.5, 0.6) is 0 Å². The van der Waals surface area contributed by atoms with Crippen molar-refractivity contribution in [2.75, 3.05) is 0 Å². The van der Waals surface area contributed by atoms with Gasteiger partial charge in [0.1, 0.15) is 0 Å². The van der Waals surface area contributed by atoms with Gasteiger partial charge in [-0.05, 0) is 80.8 Å². The summed E-state index contributed by atoms with van der Waals surface area (Å²) in [5.74, 6) is 0. The Morgan fingerprint density at radius 3 is 1.45 bits per heavy atom. The van der Waals surface area contributed by atoms with Crippen molar-refractivity contribution in [1.29, 1.82) is 0 Å². The second-order valence-electron chi connectivity index (χ2n) is 12.5. The maximum Gasteiger partial charge on any atom is 0.201 e. The van der Waals surface area contributed by atoms with Crippen molar-refractivity contribution in [2.24, 2.45) is 0 Å². The van der Waals surface area contributed by atoms with E-state index in [-0.39, 0.29) is 21.4 Å². The Kier molecular flexibility index (Phi) is 8.75. The van der Waals surface area contributed by atoms with E-state index in [1.807, 2.05) is 55.5 Å². The molecule has 0 aliphatic carbocycles. The largest absolute Gasteiger partial charge is 0.347 e. The number of rotatable bonds is 5. The van der Waals surface area contributed by atoms with Crippen LogP contribution in [0.15, 0.2) is 72.8 Å². The van der Waals surface area contributed by atoms with Gasteiger partial charge in [-0.3, -0.25) is 0 Å². The first kappa shape index (κ1) is 30.5. The first-order valence-electron chi connectivity index (χ1n) is 13.5. The zero-order valence-corrected chi connectivity index (χ0v) is 26.4. The van der Waals surface area contributed by atoms with Crippen molar-refractivity contribution >= 4 is 27.4 Å². The SMILES string of the molecule is Cc1cccc(C(C)(C)C)c1-c1cc(-c2ccccc2)c(P(O)O)c(P(O)O)c1-c1c(C)cccc1C(C)(C)C. The third kappa shape index (κ3) is 5.81. The van der Waals surface area contributed by atoms with Crippen molar-refractivity contribution in [3.05, 3.63) is 95.1 Å². The molecule has 210 valence electrons. The number of hydrogen-bond acceptors (Lipinski definition) is 4. The molecule has 6 heteroatoms. The fourth-order valence-corrected chi connectivity index (χ4v) is 7.61. The van der Waals surface area contributed by atoms with E-state index in [1.165, 1.54) is 0 Å². The van der Waals surface area contributed by atoms with E-state index in [4.69, 9.17) is 0 Å². The van der Waals surface area contributed by atoms with Gasteiger partial charge in [0.05, 0.1) is 10.6 Å². The van der Waals surface area contributed by atoms with Crippen molar-refractivity contribution in [3.63, 3.8) is 0 Å². The summed E-state index contributed by atoms with van der Waals surface area (Å²) in [4.78, 5) is 44.0. The highest BCUT2D eigenvalue weighted by Crippen LogP contribution is 2.49. The average Bonchev–Trinajstić information content (AvgIpc) is 2.86. The predicted molar refractivity (Wildman–Crippen MR) is 172 cm³/mol. The van der Waals surface area contributed by atoms with E-state index in [0.29, 0.717) is 11.1 Å². The maximum atomic E-state index is 11.1. The highest BCUT2D eigenvalue weighted by molar-refractivity contribution is 7.61. The van der Waals surface area contributed by atoms with Gasteiger partial charge in [0.15, 0.2) is 0 Å². The quantitative estimate of drug-likeness (QED) is 0.184. The Morgan fingerprint density at radius 2 is 0.975 bits per heavy atom. The van der Waals surface area contributed by atoms with Gasteiger partial charge in [0.2, 0.25) is 16.8 Å². The Hall–Kier alpha value is -2.42. The summed E-state index contributed by atoms with van der Waals surface area (Å²) in [7, 11) is -5.39. The van der Waals surface area contributed by atoms with Crippen molar-refractivity contribution < 1.29 is 19.6 Å². The van der Waals surface area contributed by atoms with Crippen molar-refractivity contribution in [1.82, 2.24) is 0 Å². The molecule has 0 atom stereocenters. The molecule has 4 N–H and O–H groups in total. The molecule has 0 heterocycles. The third-order valence-electron chi connectivity index (χ3n) is 7.44. The van der Waals surface area contributed by atoms with Crippen LogP contribution in [0.1, 0.15) is 63.8 Å². The van der Waals surface area contributed by atoms with E-state index in [1.54, 1.807) is 0 Å². The summed E-state index contributed by atoms with van der Waals surface area (Å²) >= 11 is 0. The van der Waals surface area contributed by atoms with Crippen LogP contribution >= 0.6 is 16.8 Å². The zero-order chi connectivity index (χ0) is 29.6. The average molecular weight is 575 g/mol. The molecule has 0 radical (unpaired) electrons. The van der Waals surface area contributed by atoms with Gasteiger partial charge in [-0.2, -0.15) is 0 Å². The molecule has 0 amide bonds. The zero-order valence-electron chi connectivity index (χ0n) is 24.6. The fraction of sp³-hybridized carbons (Fsp3) is 0.294. The molecule has 0 saturated heterocycles. The van der Waals surface area contributed by atoms with E-state index < -0.39 is 16.8 Å². The van der Waals surface area contributed by atoms with Gasteiger partial charge >= 0.3 is 0 Å². The van der Waals surface area contributed by atoms with Gasteiger partial charge in [0.25, 0.3) is 0 Å². The molecule has 0 aliphatic rings. The van der Waals surface area contributed by atoms with Crippen molar-refractivity contribution in [3.8, 4) is 33.4 Å². The summed E-state index contributed by atoms with van der Waals surface area (Å²) in [5.41, 5.74) is 8.58. The third-order valence-corrected chi connectivity index (χ3v) is 9.33. The molecule has 0 unspecified atom stereocenters. The Balaban J connectivity index is 2.37. The number of benzene rings is 4. The summed E-state index contributed by atoms with van der Waals surface area (Å²) in [6.45, 7) is 17.1.